The normalized spacial score (nSPS) is 19.0. The SMILES string of the molecule is NC1=CNNN1O. The summed E-state index contributed by atoms with van der Waals surface area (Å²) in [6, 6.07) is 0. The second-order valence-electron chi connectivity index (χ2n) is 1.14. The van der Waals surface area contributed by atoms with Gasteiger partial charge < -0.3 is 11.2 Å². The Morgan fingerprint density at radius 3 is 2.71 bits per heavy atom. The van der Waals surface area contributed by atoms with E-state index in [1.54, 1.807) is 0 Å². The predicted octanol–water partition coefficient (Wildman–Crippen LogP) is -1.54. The van der Waals surface area contributed by atoms with Crippen LogP contribution in [0.5, 0.6) is 0 Å². The standard InChI is InChI=1S/C2H6N4O/c3-2-1-4-5-6(2)7/h1,4-5,7H,3H2. The molecule has 5 N–H and O–H groups in total. The van der Waals surface area contributed by atoms with Crippen molar-refractivity contribution in [3.63, 3.8) is 0 Å². The lowest BCUT2D eigenvalue weighted by molar-refractivity contribution is -0.100. The molecule has 7 heavy (non-hydrogen) atoms. The van der Waals surface area contributed by atoms with Gasteiger partial charge in [-0.05, 0) is 0 Å². The molecule has 0 bridgehead atoms. The second-order valence-corrected chi connectivity index (χ2v) is 1.14. The highest BCUT2D eigenvalue weighted by Crippen LogP contribution is 1.87. The molecule has 0 aromatic carbocycles. The Balaban J connectivity index is 2.54. The summed E-state index contributed by atoms with van der Waals surface area (Å²) in [5.41, 5.74) is 9.84. The van der Waals surface area contributed by atoms with E-state index in [9.17, 15) is 0 Å². The molecule has 40 valence electrons. The van der Waals surface area contributed by atoms with Crippen LogP contribution in [0.4, 0.5) is 0 Å². The summed E-state index contributed by atoms with van der Waals surface area (Å²) in [7, 11) is 0. The van der Waals surface area contributed by atoms with Crippen LogP contribution in [-0.2, 0) is 0 Å². The fourth-order valence-corrected chi connectivity index (χ4v) is 0.293. The van der Waals surface area contributed by atoms with E-state index in [4.69, 9.17) is 10.9 Å². The van der Waals surface area contributed by atoms with Crippen LogP contribution in [0.2, 0.25) is 0 Å². The van der Waals surface area contributed by atoms with Crippen molar-refractivity contribution in [3.05, 3.63) is 12.0 Å². The average Bonchev–Trinajstić information content (AvgIpc) is 1.91. The molecule has 5 heteroatoms. The van der Waals surface area contributed by atoms with Crippen LogP contribution in [0, 0.1) is 0 Å². The third-order valence-corrected chi connectivity index (χ3v) is 0.635. The third kappa shape index (κ3) is 0.577. The van der Waals surface area contributed by atoms with Crippen LogP contribution in [0.1, 0.15) is 0 Å². The van der Waals surface area contributed by atoms with Crippen LogP contribution in [0.15, 0.2) is 12.0 Å². The van der Waals surface area contributed by atoms with Gasteiger partial charge in [0.05, 0.1) is 6.20 Å². The lowest BCUT2D eigenvalue weighted by atomic mass is 10.8. The van der Waals surface area contributed by atoms with Crippen LogP contribution in [0.25, 0.3) is 0 Å². The number of hydrogen-bond donors (Lipinski definition) is 4. The van der Waals surface area contributed by atoms with Crippen molar-refractivity contribution in [1.82, 2.24) is 16.1 Å². The van der Waals surface area contributed by atoms with Crippen molar-refractivity contribution in [2.45, 2.75) is 0 Å². The summed E-state index contributed by atoms with van der Waals surface area (Å²) in [6.07, 6.45) is 1.43. The summed E-state index contributed by atoms with van der Waals surface area (Å²) >= 11 is 0. The van der Waals surface area contributed by atoms with E-state index in [0.29, 0.717) is 5.17 Å². The lowest BCUT2D eigenvalue weighted by Crippen LogP contribution is -2.36. The van der Waals surface area contributed by atoms with Crippen LogP contribution >= 0.6 is 0 Å². The highest BCUT2D eigenvalue weighted by molar-refractivity contribution is 4.92. The van der Waals surface area contributed by atoms with E-state index in [2.05, 4.69) is 11.0 Å². The Kier molecular flexibility index (Phi) is 0.775. The highest BCUT2D eigenvalue weighted by Gasteiger charge is 2.04. The van der Waals surface area contributed by atoms with Crippen molar-refractivity contribution < 1.29 is 5.21 Å². The average molecular weight is 102 g/mol. The Labute approximate surface area is 40.3 Å². The molecule has 1 rings (SSSR count). The molecule has 5 nitrogen and oxygen atoms in total. The minimum atomic E-state index is 0.250. The maximum Gasteiger partial charge on any atom is 0.161 e. The van der Waals surface area contributed by atoms with E-state index in [1.165, 1.54) is 6.20 Å². The number of nitrogens with one attached hydrogen (secondary N) is 2. The fourth-order valence-electron chi connectivity index (χ4n) is 0.293. The molecule has 0 saturated carbocycles. The summed E-state index contributed by atoms with van der Waals surface area (Å²) in [6.45, 7) is 0. The molecule has 0 aromatic heterocycles. The molecule has 0 fully saturated rings. The highest BCUT2D eigenvalue weighted by atomic mass is 16.6. The zero-order chi connectivity index (χ0) is 5.28. The molecule has 1 heterocycles. The number of rotatable bonds is 0. The molecule has 1 aliphatic heterocycles. The number of hydroxylamine groups is 1. The van der Waals surface area contributed by atoms with E-state index < -0.39 is 0 Å². The van der Waals surface area contributed by atoms with Crippen LogP contribution in [-0.4, -0.2) is 10.4 Å². The van der Waals surface area contributed by atoms with Gasteiger partial charge in [-0.25, -0.2) is 0 Å². The van der Waals surface area contributed by atoms with E-state index >= 15 is 0 Å². The second kappa shape index (κ2) is 1.28. The molecule has 0 unspecified atom stereocenters. The molecule has 0 atom stereocenters. The largest absolute Gasteiger partial charge is 0.381 e. The summed E-state index contributed by atoms with van der Waals surface area (Å²) in [4.78, 5) is 0. The van der Waals surface area contributed by atoms with Gasteiger partial charge in [-0.2, -0.15) is 5.17 Å². The minimum Gasteiger partial charge on any atom is -0.381 e. The maximum atomic E-state index is 8.46. The first-order valence-corrected chi connectivity index (χ1v) is 1.76. The molecule has 0 amide bonds. The van der Waals surface area contributed by atoms with Gasteiger partial charge in [0, 0.05) is 0 Å². The van der Waals surface area contributed by atoms with Gasteiger partial charge in [-0.15, -0.1) is 5.53 Å². The zero-order valence-corrected chi connectivity index (χ0v) is 3.55. The quantitative estimate of drug-likeness (QED) is 0.298. The van der Waals surface area contributed by atoms with E-state index in [1.807, 2.05) is 0 Å². The van der Waals surface area contributed by atoms with Gasteiger partial charge in [0.2, 0.25) is 0 Å². The van der Waals surface area contributed by atoms with Gasteiger partial charge >= 0.3 is 0 Å². The first-order valence-electron chi connectivity index (χ1n) is 1.76. The fraction of sp³-hybridized carbons (Fsp3) is 0. The van der Waals surface area contributed by atoms with Gasteiger partial charge in [-0.1, -0.05) is 0 Å². The van der Waals surface area contributed by atoms with Crippen LogP contribution < -0.4 is 16.7 Å². The summed E-state index contributed by atoms with van der Waals surface area (Å²) < 4.78 is 0. The van der Waals surface area contributed by atoms with Crippen molar-refractivity contribution in [3.8, 4) is 0 Å². The minimum absolute atomic E-state index is 0.250. The predicted molar refractivity (Wildman–Crippen MR) is 22.2 cm³/mol. The molecule has 0 aromatic rings. The Hall–Kier alpha value is -0.940. The van der Waals surface area contributed by atoms with E-state index in [0.717, 1.165) is 0 Å². The number of hydrazine groups is 2. The first kappa shape index (κ1) is 4.23. The lowest BCUT2D eigenvalue weighted by Gasteiger charge is -2.06. The van der Waals surface area contributed by atoms with Crippen molar-refractivity contribution in [2.24, 2.45) is 5.73 Å². The molecule has 1 aliphatic rings. The van der Waals surface area contributed by atoms with Crippen molar-refractivity contribution >= 4 is 0 Å². The smallest absolute Gasteiger partial charge is 0.161 e. The molecule has 0 spiro atoms. The van der Waals surface area contributed by atoms with Gasteiger partial charge in [0.1, 0.15) is 0 Å². The monoisotopic (exact) mass is 102 g/mol. The molecule has 0 aliphatic carbocycles. The molecular formula is C2H6N4O. The van der Waals surface area contributed by atoms with Gasteiger partial charge in [0.25, 0.3) is 0 Å². The number of nitrogens with two attached hydrogens (primary N) is 1. The van der Waals surface area contributed by atoms with Gasteiger partial charge in [0.15, 0.2) is 5.82 Å². The zero-order valence-electron chi connectivity index (χ0n) is 3.55. The molecular weight excluding hydrogens is 96.0 g/mol. The van der Waals surface area contributed by atoms with Crippen LogP contribution in [0.3, 0.4) is 0 Å². The third-order valence-electron chi connectivity index (χ3n) is 0.635. The maximum absolute atomic E-state index is 8.46. The first-order chi connectivity index (χ1) is 3.30. The number of nitrogens with zero attached hydrogens (tertiary/aromatic N) is 1. The summed E-state index contributed by atoms with van der Waals surface area (Å²) in [5.74, 6) is 0.250. The van der Waals surface area contributed by atoms with Crippen molar-refractivity contribution in [1.29, 1.82) is 0 Å². The Bertz CT molecular complexity index is 99.9. The van der Waals surface area contributed by atoms with Crippen molar-refractivity contribution in [2.75, 3.05) is 0 Å². The summed E-state index contributed by atoms with van der Waals surface area (Å²) in [5, 5.41) is 9.14. The molecule has 0 radical (unpaired) electrons. The topological polar surface area (TPSA) is 73.5 Å². The van der Waals surface area contributed by atoms with Gasteiger partial charge in [-0.3, -0.25) is 5.21 Å². The molecule has 0 saturated heterocycles. The Morgan fingerprint density at radius 1 is 1.86 bits per heavy atom. The Morgan fingerprint density at radius 2 is 2.57 bits per heavy atom. The van der Waals surface area contributed by atoms with E-state index in [-0.39, 0.29) is 5.82 Å². The number of hydrogen-bond acceptors (Lipinski definition) is 5.